The van der Waals surface area contributed by atoms with E-state index in [0.29, 0.717) is 17.8 Å². The molecule has 6 heteroatoms. The zero-order valence-corrected chi connectivity index (χ0v) is 11.1. The average Bonchev–Trinajstić information content (AvgIpc) is 3.04. The number of rotatable bonds is 2. The van der Waals surface area contributed by atoms with E-state index in [2.05, 4.69) is 4.98 Å². The van der Waals surface area contributed by atoms with Crippen LogP contribution in [0.5, 0.6) is 0 Å². The van der Waals surface area contributed by atoms with E-state index in [4.69, 9.17) is 0 Å². The van der Waals surface area contributed by atoms with E-state index in [1.807, 2.05) is 24.3 Å². The zero-order valence-electron chi connectivity index (χ0n) is 10.3. The summed E-state index contributed by atoms with van der Waals surface area (Å²) >= 11 is 0.424. The van der Waals surface area contributed by atoms with Crippen LogP contribution in [-0.2, 0) is 12.6 Å². The summed E-state index contributed by atoms with van der Waals surface area (Å²) in [5, 5.41) is -0.966. The van der Waals surface area contributed by atoms with E-state index in [1.165, 1.54) is 0 Å². The molecule has 1 unspecified atom stereocenters. The third-order valence-corrected chi connectivity index (χ3v) is 4.50. The molecule has 0 N–H and O–H groups in total. The lowest BCUT2D eigenvalue weighted by Crippen LogP contribution is -2.08. The molecule has 1 aliphatic rings. The maximum absolute atomic E-state index is 12.5. The number of benzene rings is 1. The number of nitrogens with zero attached hydrogens (tertiary/aromatic N) is 1. The molecule has 0 radical (unpaired) electrons. The van der Waals surface area contributed by atoms with Gasteiger partial charge in [-0.2, -0.15) is 13.2 Å². The van der Waals surface area contributed by atoms with Crippen molar-refractivity contribution in [1.82, 2.24) is 4.98 Å². The third kappa shape index (κ3) is 2.24. The first-order valence-corrected chi connectivity index (χ1v) is 6.93. The lowest BCUT2D eigenvalue weighted by atomic mass is 9.96. The Kier molecular flexibility index (Phi) is 3.12. The summed E-state index contributed by atoms with van der Waals surface area (Å²) in [5.41, 5.74) is 2.03. The number of halogens is 3. The van der Waals surface area contributed by atoms with Crippen LogP contribution in [0.2, 0.25) is 0 Å². The minimum Gasteiger partial charge on any atom is -0.293 e. The van der Waals surface area contributed by atoms with Crippen LogP contribution in [0.3, 0.4) is 0 Å². The van der Waals surface area contributed by atoms with E-state index >= 15 is 0 Å². The Hall–Kier alpha value is -1.69. The number of alkyl halides is 3. The minimum atomic E-state index is -4.49. The SMILES string of the molecule is O=C(c1cnc(C(F)(F)F)s1)C1CCc2ccccc21. The van der Waals surface area contributed by atoms with Crippen LogP contribution in [0.1, 0.15) is 38.1 Å². The Morgan fingerprint density at radius 2 is 2.05 bits per heavy atom. The molecule has 0 fully saturated rings. The number of thiazole rings is 1. The van der Waals surface area contributed by atoms with Gasteiger partial charge in [0.2, 0.25) is 0 Å². The van der Waals surface area contributed by atoms with Gasteiger partial charge in [0, 0.05) is 12.1 Å². The van der Waals surface area contributed by atoms with E-state index < -0.39 is 11.2 Å². The van der Waals surface area contributed by atoms with Crippen LogP contribution in [0.15, 0.2) is 30.5 Å². The van der Waals surface area contributed by atoms with Crippen LogP contribution >= 0.6 is 11.3 Å². The Morgan fingerprint density at radius 3 is 2.75 bits per heavy atom. The minimum absolute atomic E-state index is 0.0824. The monoisotopic (exact) mass is 297 g/mol. The maximum atomic E-state index is 12.5. The molecular weight excluding hydrogens is 287 g/mol. The number of aromatic nitrogens is 1. The van der Waals surface area contributed by atoms with Crippen molar-refractivity contribution in [3.05, 3.63) is 51.5 Å². The maximum Gasteiger partial charge on any atom is 0.443 e. The van der Waals surface area contributed by atoms with Gasteiger partial charge < -0.3 is 0 Å². The van der Waals surface area contributed by atoms with Crippen molar-refractivity contribution in [3.63, 3.8) is 0 Å². The van der Waals surface area contributed by atoms with Crippen molar-refractivity contribution >= 4 is 17.1 Å². The smallest absolute Gasteiger partial charge is 0.293 e. The van der Waals surface area contributed by atoms with E-state index in [1.54, 1.807) is 0 Å². The molecule has 0 amide bonds. The Bertz CT molecular complexity index is 662. The van der Waals surface area contributed by atoms with Gasteiger partial charge in [-0.15, -0.1) is 11.3 Å². The Balaban J connectivity index is 1.89. The van der Waals surface area contributed by atoms with Crippen LogP contribution in [0.4, 0.5) is 13.2 Å². The molecule has 3 rings (SSSR count). The fourth-order valence-electron chi connectivity index (χ4n) is 2.52. The molecule has 1 aromatic heterocycles. The Labute approximate surface area is 117 Å². The second-order valence-electron chi connectivity index (χ2n) is 4.68. The van der Waals surface area contributed by atoms with Gasteiger partial charge in [-0.25, -0.2) is 4.98 Å². The van der Waals surface area contributed by atoms with Crippen molar-refractivity contribution in [2.75, 3.05) is 0 Å². The number of ketones is 1. The first-order valence-electron chi connectivity index (χ1n) is 6.12. The molecule has 0 aliphatic heterocycles. The molecule has 1 aromatic carbocycles. The largest absolute Gasteiger partial charge is 0.443 e. The standard InChI is InChI=1S/C14H10F3NOS/c15-14(16,17)13-18-7-11(20-13)12(19)10-6-5-8-3-1-2-4-9(8)10/h1-4,7,10H,5-6H2. The van der Waals surface area contributed by atoms with Gasteiger partial charge in [-0.3, -0.25) is 4.79 Å². The number of aryl methyl sites for hydroxylation is 1. The molecule has 0 saturated carbocycles. The summed E-state index contributed by atoms with van der Waals surface area (Å²) in [4.78, 5) is 15.7. The van der Waals surface area contributed by atoms with Crippen LogP contribution < -0.4 is 0 Å². The summed E-state index contributed by atoms with van der Waals surface area (Å²) in [6.07, 6.45) is -2.01. The van der Waals surface area contributed by atoms with Crippen molar-refractivity contribution in [2.45, 2.75) is 24.9 Å². The number of hydrogen-bond acceptors (Lipinski definition) is 3. The highest BCUT2D eigenvalue weighted by atomic mass is 32.1. The van der Waals surface area contributed by atoms with Gasteiger partial charge >= 0.3 is 6.18 Å². The Morgan fingerprint density at radius 1 is 1.30 bits per heavy atom. The summed E-state index contributed by atoms with van der Waals surface area (Å²) in [7, 11) is 0. The van der Waals surface area contributed by atoms with Gasteiger partial charge in [0.05, 0.1) is 4.88 Å². The van der Waals surface area contributed by atoms with Crippen LogP contribution in [0, 0.1) is 0 Å². The number of carbonyl (C=O) groups excluding carboxylic acids is 1. The second kappa shape index (κ2) is 4.70. The summed E-state index contributed by atoms with van der Waals surface area (Å²) in [6.45, 7) is 0. The van der Waals surface area contributed by atoms with Gasteiger partial charge in [0.15, 0.2) is 10.8 Å². The molecule has 1 atom stereocenters. The summed E-state index contributed by atoms with van der Waals surface area (Å²) < 4.78 is 37.6. The van der Waals surface area contributed by atoms with Crippen molar-refractivity contribution in [1.29, 1.82) is 0 Å². The van der Waals surface area contributed by atoms with Crippen molar-refractivity contribution in [3.8, 4) is 0 Å². The molecule has 0 bridgehead atoms. The summed E-state index contributed by atoms with van der Waals surface area (Å²) in [6, 6.07) is 7.57. The molecule has 2 nitrogen and oxygen atoms in total. The van der Waals surface area contributed by atoms with Crippen LogP contribution in [0.25, 0.3) is 0 Å². The number of carbonyl (C=O) groups is 1. The second-order valence-corrected chi connectivity index (χ2v) is 5.71. The van der Waals surface area contributed by atoms with Crippen molar-refractivity contribution in [2.24, 2.45) is 0 Å². The molecule has 0 saturated heterocycles. The van der Waals surface area contributed by atoms with E-state index in [-0.39, 0.29) is 16.6 Å². The summed E-state index contributed by atoms with van der Waals surface area (Å²) in [5.74, 6) is -0.601. The highest BCUT2D eigenvalue weighted by Crippen LogP contribution is 2.38. The molecule has 20 heavy (non-hydrogen) atoms. The molecule has 104 valence electrons. The third-order valence-electron chi connectivity index (χ3n) is 3.44. The predicted molar refractivity (Wildman–Crippen MR) is 69.0 cm³/mol. The van der Waals surface area contributed by atoms with Gasteiger partial charge in [-0.1, -0.05) is 24.3 Å². The normalized spacial score (nSPS) is 18.1. The first-order chi connectivity index (χ1) is 9.47. The molecule has 1 heterocycles. The molecular formula is C14H10F3NOS. The quantitative estimate of drug-likeness (QED) is 0.782. The molecule has 0 spiro atoms. The van der Waals surface area contributed by atoms with Gasteiger partial charge in [0.25, 0.3) is 0 Å². The predicted octanol–water partition coefficient (Wildman–Crippen LogP) is 4.07. The fraction of sp³-hybridized carbons (Fsp3) is 0.286. The van der Waals surface area contributed by atoms with Crippen LogP contribution in [-0.4, -0.2) is 10.8 Å². The number of hydrogen-bond donors (Lipinski definition) is 0. The lowest BCUT2D eigenvalue weighted by molar-refractivity contribution is -0.137. The average molecular weight is 297 g/mol. The molecule has 2 aromatic rings. The van der Waals surface area contributed by atoms with E-state index in [9.17, 15) is 18.0 Å². The highest BCUT2D eigenvalue weighted by Gasteiger charge is 2.37. The number of Topliss-reactive ketones (excluding diaryl/α,β-unsaturated/α-hetero) is 1. The zero-order chi connectivity index (χ0) is 14.3. The molecule has 1 aliphatic carbocycles. The van der Waals surface area contributed by atoms with Gasteiger partial charge in [0.1, 0.15) is 0 Å². The topological polar surface area (TPSA) is 30.0 Å². The van der Waals surface area contributed by atoms with Crippen molar-refractivity contribution < 1.29 is 18.0 Å². The first kappa shape index (κ1) is 13.3. The number of fused-ring (bicyclic) bond motifs is 1. The highest BCUT2D eigenvalue weighted by molar-refractivity contribution is 7.13. The lowest BCUT2D eigenvalue weighted by Gasteiger charge is -2.08. The van der Waals surface area contributed by atoms with Gasteiger partial charge in [-0.05, 0) is 24.0 Å². The fourth-order valence-corrected chi connectivity index (χ4v) is 3.30. The van der Waals surface area contributed by atoms with E-state index in [0.717, 1.165) is 23.7 Å².